The van der Waals surface area contributed by atoms with Gasteiger partial charge in [-0.15, -0.1) is 11.0 Å². The average molecular weight is 1440 g/mol. The standard InChI is InChI=1S/C78H134N8O16/c1-45(2)65(91)101-85-53-31-73(9,10)39-77(15,35-53)43-97-67(93)83-55-25-47(17-21-57(55)87)63(48-18-22-58(88)56(26-48)84-68(94)98-44-78(16)36-54(32-74(11,12)40-78)86-102-66(92)46(3)4)64(49-19-23-59(89)61(27-49)99-69(95)81-51-29-71(5,6)37-75(13,33-51)41-79)50-20-24-60(90)62(28-50)100-70(96)82-52-30-72(7,8)38-76(14,34-52)42-80/h47-64,85-90H,1,3,17-44,79-80H2,2,4-16H3,(H,81,95)(H,82,96)(H,83,93)(H,84,94). The highest BCUT2D eigenvalue weighted by Crippen LogP contribution is 2.55. The second kappa shape index (κ2) is 33.5. The van der Waals surface area contributed by atoms with Crippen molar-refractivity contribution in [3.05, 3.63) is 24.3 Å². The first-order chi connectivity index (χ1) is 47.4. The summed E-state index contributed by atoms with van der Waals surface area (Å²) in [5.41, 5.74) is 17.1. The Bertz CT molecular complexity index is 2740. The molecule has 24 nitrogen and oxygen atoms in total. The second-order valence-electron chi connectivity index (χ2n) is 38.6. The van der Waals surface area contributed by atoms with Crippen LogP contribution >= 0.6 is 0 Å². The zero-order chi connectivity index (χ0) is 75.3. The van der Waals surface area contributed by atoms with Gasteiger partial charge < -0.3 is 81.8 Å². The number of carbonyl (C=O) groups excluding carboxylic acids is 6. The summed E-state index contributed by atoms with van der Waals surface area (Å²) in [5, 5.41) is 60.8. The maximum atomic E-state index is 14.4. The van der Waals surface area contributed by atoms with E-state index in [1.165, 1.54) is 0 Å². The Morgan fingerprint density at radius 2 is 0.696 bits per heavy atom. The van der Waals surface area contributed by atoms with E-state index in [0.717, 1.165) is 38.5 Å². The Morgan fingerprint density at radius 3 is 1.02 bits per heavy atom. The van der Waals surface area contributed by atoms with Crippen LogP contribution in [0.3, 0.4) is 0 Å². The fourth-order valence-electron chi connectivity index (χ4n) is 22.1. The summed E-state index contributed by atoms with van der Waals surface area (Å²) in [7, 11) is 0. The van der Waals surface area contributed by atoms with Crippen LogP contribution < -0.4 is 43.7 Å². The normalized spacial score (nSPS) is 38.6. The number of hydrogen-bond acceptors (Lipinski definition) is 20. The van der Waals surface area contributed by atoms with E-state index in [1.807, 2.05) is 0 Å². The number of nitrogens with one attached hydrogen (secondary N) is 6. The van der Waals surface area contributed by atoms with Gasteiger partial charge in [0.05, 0.1) is 49.7 Å². The molecule has 20 atom stereocenters. The molecule has 0 aromatic rings. The molecule has 20 unspecified atom stereocenters. The molecule has 8 rings (SSSR count). The van der Waals surface area contributed by atoms with E-state index in [1.54, 1.807) is 13.8 Å². The third kappa shape index (κ3) is 23.1. The van der Waals surface area contributed by atoms with Crippen molar-refractivity contribution < 1.29 is 77.8 Å². The lowest BCUT2D eigenvalue weighted by molar-refractivity contribution is -0.151. The molecule has 0 aromatic carbocycles. The highest BCUT2D eigenvalue weighted by atomic mass is 16.7. The third-order valence-corrected chi connectivity index (χ3v) is 24.9. The van der Waals surface area contributed by atoms with Crippen LogP contribution in [0.25, 0.3) is 0 Å². The Balaban J connectivity index is 1.11. The van der Waals surface area contributed by atoms with E-state index < -0.39 is 95.8 Å². The van der Waals surface area contributed by atoms with Crippen molar-refractivity contribution in [2.75, 3.05) is 26.3 Å². The number of aliphatic hydroxyl groups is 4. The van der Waals surface area contributed by atoms with Gasteiger partial charge in [-0.1, -0.05) is 96.2 Å². The van der Waals surface area contributed by atoms with Gasteiger partial charge in [0.25, 0.3) is 0 Å². The predicted octanol–water partition coefficient (Wildman–Crippen LogP) is 10.7. The number of hydrogen-bond donors (Lipinski definition) is 12. The van der Waals surface area contributed by atoms with Crippen LogP contribution in [0.2, 0.25) is 0 Å². The predicted molar refractivity (Wildman–Crippen MR) is 388 cm³/mol. The molecule has 24 heteroatoms. The highest BCUT2D eigenvalue weighted by Gasteiger charge is 2.53. The molecule has 4 amide bonds. The summed E-state index contributed by atoms with van der Waals surface area (Å²) in [6.45, 7) is 37.3. The minimum absolute atomic E-state index is 0.0516. The zero-order valence-electron chi connectivity index (χ0n) is 64.4. The number of carbonyl (C=O) groups is 6. The van der Waals surface area contributed by atoms with Crippen LogP contribution in [-0.2, 0) is 38.2 Å². The van der Waals surface area contributed by atoms with Gasteiger partial charge in [-0.25, -0.2) is 28.8 Å². The van der Waals surface area contributed by atoms with Crippen LogP contribution in [0, 0.1) is 78.8 Å². The van der Waals surface area contributed by atoms with Crippen molar-refractivity contribution in [2.24, 2.45) is 90.3 Å². The molecule has 0 saturated heterocycles. The molecule has 0 spiro atoms. The summed E-state index contributed by atoms with van der Waals surface area (Å²) in [5.74, 6) is -2.54. The van der Waals surface area contributed by atoms with E-state index in [4.69, 9.17) is 40.1 Å². The lowest BCUT2D eigenvalue weighted by Crippen LogP contribution is -2.55. The van der Waals surface area contributed by atoms with Crippen LogP contribution in [0.15, 0.2) is 24.3 Å². The Morgan fingerprint density at radius 1 is 0.402 bits per heavy atom. The van der Waals surface area contributed by atoms with E-state index in [0.29, 0.717) is 116 Å². The minimum atomic E-state index is -0.984. The van der Waals surface area contributed by atoms with Gasteiger partial charge in [0, 0.05) is 46.1 Å². The van der Waals surface area contributed by atoms with Gasteiger partial charge in [0.15, 0.2) is 0 Å². The molecule has 8 aliphatic rings. The highest BCUT2D eigenvalue weighted by molar-refractivity contribution is 5.87. The lowest BCUT2D eigenvalue weighted by Gasteiger charge is -2.53. The number of hydroxylamine groups is 2. The van der Waals surface area contributed by atoms with Crippen LogP contribution in [-0.4, -0.2) is 156 Å². The number of ether oxygens (including phenoxy) is 4. The van der Waals surface area contributed by atoms with Crippen LogP contribution in [0.4, 0.5) is 19.2 Å². The Hall–Kier alpha value is -4.82. The summed E-state index contributed by atoms with van der Waals surface area (Å²) < 4.78 is 25.1. The summed E-state index contributed by atoms with van der Waals surface area (Å²) in [4.78, 5) is 93.1. The summed E-state index contributed by atoms with van der Waals surface area (Å²) in [6.07, 6.45) is 4.92. The van der Waals surface area contributed by atoms with Gasteiger partial charge >= 0.3 is 36.3 Å². The molecule has 8 aliphatic carbocycles. The molecule has 0 radical (unpaired) electrons. The monoisotopic (exact) mass is 1440 g/mol. The molecule has 0 aliphatic heterocycles. The molecule has 582 valence electrons. The van der Waals surface area contributed by atoms with Crippen molar-refractivity contribution in [1.82, 2.24) is 32.2 Å². The van der Waals surface area contributed by atoms with E-state index in [2.05, 4.69) is 128 Å². The Labute approximate surface area is 608 Å². The number of aliphatic hydroxyl groups excluding tert-OH is 4. The lowest BCUT2D eigenvalue weighted by atomic mass is 9.54. The van der Waals surface area contributed by atoms with Gasteiger partial charge in [-0.05, 0) is 249 Å². The van der Waals surface area contributed by atoms with Gasteiger partial charge in [-0.3, -0.25) is 0 Å². The van der Waals surface area contributed by atoms with Crippen molar-refractivity contribution in [3.8, 4) is 0 Å². The van der Waals surface area contributed by atoms with Crippen molar-refractivity contribution in [2.45, 2.75) is 324 Å². The second-order valence-corrected chi connectivity index (χ2v) is 38.6. The first-order valence-corrected chi connectivity index (χ1v) is 38.6. The van der Waals surface area contributed by atoms with Crippen LogP contribution in [0.5, 0.6) is 0 Å². The summed E-state index contributed by atoms with van der Waals surface area (Å²) >= 11 is 0. The molecular formula is C78H134N8O16. The smallest absolute Gasteiger partial charge is 0.407 e. The van der Waals surface area contributed by atoms with Gasteiger partial charge in [0.2, 0.25) is 0 Å². The van der Waals surface area contributed by atoms with Crippen molar-refractivity contribution in [3.63, 3.8) is 0 Å². The molecule has 102 heavy (non-hydrogen) atoms. The number of amides is 4. The zero-order valence-corrected chi connectivity index (χ0v) is 64.4. The quantitative estimate of drug-likeness (QED) is 0.0257. The molecule has 0 heterocycles. The maximum absolute atomic E-state index is 14.4. The van der Waals surface area contributed by atoms with Crippen molar-refractivity contribution >= 4 is 36.3 Å². The summed E-state index contributed by atoms with van der Waals surface area (Å²) in [6, 6.07) is -2.39. The number of alkyl carbamates (subject to hydrolysis) is 4. The largest absolute Gasteiger partial charge is 0.449 e. The topological polar surface area (TPSA) is 363 Å². The molecule has 0 aromatic heterocycles. The number of nitrogens with two attached hydrogens (primary N) is 2. The fourth-order valence-corrected chi connectivity index (χ4v) is 22.1. The molecule has 14 N–H and O–H groups in total. The first-order valence-electron chi connectivity index (χ1n) is 38.6. The molecular weight excluding hydrogens is 1300 g/mol. The van der Waals surface area contributed by atoms with E-state index >= 15 is 0 Å². The van der Waals surface area contributed by atoms with E-state index in [9.17, 15) is 49.2 Å². The number of rotatable bonds is 23. The van der Waals surface area contributed by atoms with E-state index in [-0.39, 0.29) is 129 Å². The SMILES string of the molecule is C=C(C)C(=O)ONC1CC(C)(C)CC(C)(COC(=O)NC2CC(C(C3CCC(O)C(NC(=O)OCC4(C)CC(NOC(=O)C(=C)C)CC(C)(C)C4)C3)C(C3CCC(O)C(OC(=O)NC4CC(C)(C)CC(C)(CN)C4)C3)C3CCC(O)C(OC(=O)NC4CC(C)(C)CC(C)(CN)C4)C3)CCC2O)C1. The minimum Gasteiger partial charge on any atom is -0.449 e. The first kappa shape index (κ1) is 82.8. The van der Waals surface area contributed by atoms with Crippen LogP contribution in [0.1, 0.15) is 251 Å². The average Bonchev–Trinajstić information content (AvgIpc) is 0.761. The molecule has 8 fully saturated rings. The fraction of sp³-hybridized carbons (Fsp3) is 0.872. The third-order valence-electron chi connectivity index (χ3n) is 24.9. The molecule has 8 saturated carbocycles. The van der Waals surface area contributed by atoms with Gasteiger partial charge in [-0.2, -0.15) is 0 Å². The van der Waals surface area contributed by atoms with Crippen molar-refractivity contribution in [1.29, 1.82) is 0 Å². The molecule has 0 bridgehead atoms. The maximum Gasteiger partial charge on any atom is 0.407 e. The Kier molecular flexibility index (Phi) is 27.2. The van der Waals surface area contributed by atoms with Gasteiger partial charge in [0.1, 0.15) is 12.2 Å².